The zero-order valence-electron chi connectivity index (χ0n) is 12.0. The predicted molar refractivity (Wildman–Crippen MR) is 89.8 cm³/mol. The topological polar surface area (TPSA) is 29.1 Å². The molecule has 1 amide bonds. The third kappa shape index (κ3) is 4.80. The maximum absolute atomic E-state index is 12.2. The maximum Gasteiger partial charge on any atom is 0.233 e. The molecular weight excluding hydrogens is 302 g/mol. The number of rotatable bonds is 5. The Morgan fingerprint density at radius 1 is 1.05 bits per heavy atom. The first-order valence-corrected chi connectivity index (χ1v) is 8.09. The van der Waals surface area contributed by atoms with Gasteiger partial charge in [-0.15, -0.1) is 11.8 Å². The van der Waals surface area contributed by atoms with Crippen LogP contribution >= 0.6 is 23.4 Å². The summed E-state index contributed by atoms with van der Waals surface area (Å²) in [5.74, 6) is 0.0336. The van der Waals surface area contributed by atoms with Crippen LogP contribution in [-0.2, 0) is 4.79 Å². The lowest BCUT2D eigenvalue weighted by Crippen LogP contribution is -2.33. The molecule has 4 heteroatoms. The smallest absolute Gasteiger partial charge is 0.233 e. The number of benzene rings is 2. The first kappa shape index (κ1) is 15.9. The molecule has 2 rings (SSSR count). The number of hydrogen-bond acceptors (Lipinski definition) is 2. The van der Waals surface area contributed by atoms with E-state index in [1.807, 2.05) is 68.4 Å². The Kier molecular flexibility index (Phi) is 5.71. The molecule has 0 saturated carbocycles. The van der Waals surface area contributed by atoms with E-state index in [1.54, 1.807) is 0 Å². The van der Waals surface area contributed by atoms with Crippen molar-refractivity contribution in [2.24, 2.45) is 0 Å². The standard InChI is InChI=1S/C17H18ClNOS/c1-12(14-6-4-3-5-7-14)19-17(20)13(2)21-16-10-8-15(18)9-11-16/h3-13H,1-2H3,(H,19,20)/t12-,13?/m1/s1. The molecule has 21 heavy (non-hydrogen) atoms. The Balaban J connectivity index is 1.92. The van der Waals surface area contributed by atoms with Crippen LogP contribution in [0.5, 0.6) is 0 Å². The van der Waals surface area contributed by atoms with Gasteiger partial charge in [0.1, 0.15) is 0 Å². The molecule has 2 nitrogen and oxygen atoms in total. The second kappa shape index (κ2) is 7.53. The van der Waals surface area contributed by atoms with Gasteiger partial charge in [0, 0.05) is 9.92 Å². The summed E-state index contributed by atoms with van der Waals surface area (Å²) in [6, 6.07) is 17.5. The minimum Gasteiger partial charge on any atom is -0.349 e. The molecule has 2 aromatic carbocycles. The molecule has 2 atom stereocenters. The lowest BCUT2D eigenvalue weighted by Gasteiger charge is -2.17. The molecule has 0 aromatic heterocycles. The SMILES string of the molecule is CC(Sc1ccc(Cl)cc1)C(=O)N[C@H](C)c1ccccc1. The largest absolute Gasteiger partial charge is 0.349 e. The molecule has 0 radical (unpaired) electrons. The van der Waals surface area contributed by atoms with Crippen LogP contribution in [-0.4, -0.2) is 11.2 Å². The van der Waals surface area contributed by atoms with Crippen LogP contribution in [0.2, 0.25) is 5.02 Å². The molecule has 0 aliphatic rings. The summed E-state index contributed by atoms with van der Waals surface area (Å²) in [4.78, 5) is 13.3. The highest BCUT2D eigenvalue weighted by Gasteiger charge is 2.17. The van der Waals surface area contributed by atoms with Gasteiger partial charge in [0.15, 0.2) is 0 Å². The quantitative estimate of drug-likeness (QED) is 0.809. The third-order valence-corrected chi connectivity index (χ3v) is 4.52. The van der Waals surface area contributed by atoms with Crippen LogP contribution in [0.4, 0.5) is 0 Å². The van der Waals surface area contributed by atoms with E-state index in [4.69, 9.17) is 11.6 Å². The minimum atomic E-state index is -0.155. The zero-order chi connectivity index (χ0) is 15.2. The summed E-state index contributed by atoms with van der Waals surface area (Å²) in [6.45, 7) is 3.90. The highest BCUT2D eigenvalue weighted by molar-refractivity contribution is 8.00. The van der Waals surface area contributed by atoms with E-state index in [9.17, 15) is 4.79 Å². The number of hydrogen-bond donors (Lipinski definition) is 1. The Bertz CT molecular complexity index is 585. The van der Waals surface area contributed by atoms with Gasteiger partial charge >= 0.3 is 0 Å². The molecule has 0 fully saturated rings. The van der Waals surface area contributed by atoms with Crippen molar-refractivity contribution in [3.63, 3.8) is 0 Å². The van der Waals surface area contributed by atoms with Crippen molar-refractivity contribution >= 4 is 29.3 Å². The molecule has 0 spiro atoms. The summed E-state index contributed by atoms with van der Waals surface area (Å²) in [5, 5.41) is 3.59. The van der Waals surface area contributed by atoms with Crippen molar-refractivity contribution < 1.29 is 4.79 Å². The van der Waals surface area contributed by atoms with E-state index in [0.717, 1.165) is 10.5 Å². The minimum absolute atomic E-state index is 0.00645. The van der Waals surface area contributed by atoms with Gasteiger partial charge < -0.3 is 5.32 Å². The summed E-state index contributed by atoms with van der Waals surface area (Å²) in [7, 11) is 0. The second-order valence-electron chi connectivity index (χ2n) is 4.85. The average Bonchev–Trinajstić information content (AvgIpc) is 2.50. The van der Waals surface area contributed by atoms with Crippen molar-refractivity contribution in [3.05, 3.63) is 65.2 Å². The Labute approximate surface area is 134 Å². The number of nitrogens with one attached hydrogen (secondary N) is 1. The van der Waals surface area contributed by atoms with Crippen molar-refractivity contribution in [2.45, 2.75) is 30.0 Å². The van der Waals surface area contributed by atoms with E-state index < -0.39 is 0 Å². The van der Waals surface area contributed by atoms with E-state index in [1.165, 1.54) is 11.8 Å². The van der Waals surface area contributed by atoms with Crippen molar-refractivity contribution in [1.29, 1.82) is 0 Å². The normalized spacial score (nSPS) is 13.5. The average molecular weight is 320 g/mol. The Morgan fingerprint density at radius 2 is 1.67 bits per heavy atom. The number of amides is 1. The summed E-state index contributed by atoms with van der Waals surface area (Å²) in [5.41, 5.74) is 1.11. The van der Waals surface area contributed by atoms with Gasteiger partial charge in [0.2, 0.25) is 5.91 Å². The van der Waals surface area contributed by atoms with Crippen LogP contribution in [0.15, 0.2) is 59.5 Å². The number of thioether (sulfide) groups is 1. The van der Waals surface area contributed by atoms with Crippen molar-refractivity contribution in [1.82, 2.24) is 5.32 Å². The molecule has 1 N–H and O–H groups in total. The van der Waals surface area contributed by atoms with Crippen LogP contribution in [0.1, 0.15) is 25.5 Å². The predicted octanol–water partition coefficient (Wildman–Crippen LogP) is 4.70. The van der Waals surface area contributed by atoms with Gasteiger partial charge in [-0.1, -0.05) is 41.9 Å². The fourth-order valence-corrected chi connectivity index (χ4v) is 2.93. The molecule has 1 unspecified atom stereocenters. The summed E-state index contributed by atoms with van der Waals surface area (Å²) < 4.78 is 0. The summed E-state index contributed by atoms with van der Waals surface area (Å²) in [6.07, 6.45) is 0. The monoisotopic (exact) mass is 319 g/mol. The van der Waals surface area contributed by atoms with Crippen LogP contribution < -0.4 is 5.32 Å². The van der Waals surface area contributed by atoms with E-state index in [0.29, 0.717) is 5.02 Å². The highest BCUT2D eigenvalue weighted by atomic mass is 35.5. The van der Waals surface area contributed by atoms with Gasteiger partial charge in [0.25, 0.3) is 0 Å². The maximum atomic E-state index is 12.2. The molecule has 0 heterocycles. The Morgan fingerprint density at radius 3 is 2.29 bits per heavy atom. The molecular formula is C17H18ClNOS. The van der Waals surface area contributed by atoms with Gasteiger partial charge in [-0.3, -0.25) is 4.79 Å². The Hall–Kier alpha value is -1.45. The lowest BCUT2D eigenvalue weighted by molar-refractivity contribution is -0.120. The molecule has 0 bridgehead atoms. The molecule has 110 valence electrons. The number of halogens is 1. The van der Waals surface area contributed by atoms with Gasteiger partial charge in [-0.2, -0.15) is 0 Å². The lowest BCUT2D eigenvalue weighted by atomic mass is 10.1. The second-order valence-corrected chi connectivity index (χ2v) is 6.71. The van der Waals surface area contributed by atoms with Crippen molar-refractivity contribution in [2.75, 3.05) is 0 Å². The van der Waals surface area contributed by atoms with Crippen LogP contribution in [0, 0.1) is 0 Å². The van der Waals surface area contributed by atoms with Gasteiger partial charge in [0.05, 0.1) is 11.3 Å². The zero-order valence-corrected chi connectivity index (χ0v) is 13.6. The molecule has 2 aromatic rings. The third-order valence-electron chi connectivity index (χ3n) is 3.15. The van der Waals surface area contributed by atoms with E-state index in [2.05, 4.69) is 5.32 Å². The first-order valence-electron chi connectivity index (χ1n) is 6.84. The fraction of sp³-hybridized carbons (Fsp3) is 0.235. The number of carbonyl (C=O) groups is 1. The van der Waals surface area contributed by atoms with E-state index in [-0.39, 0.29) is 17.2 Å². The van der Waals surface area contributed by atoms with E-state index >= 15 is 0 Å². The van der Waals surface area contributed by atoms with Crippen molar-refractivity contribution in [3.8, 4) is 0 Å². The molecule has 0 saturated heterocycles. The first-order chi connectivity index (χ1) is 10.1. The molecule has 0 aliphatic carbocycles. The summed E-state index contributed by atoms with van der Waals surface area (Å²) >= 11 is 7.39. The van der Waals surface area contributed by atoms with Crippen LogP contribution in [0.25, 0.3) is 0 Å². The number of carbonyl (C=O) groups excluding carboxylic acids is 1. The molecule has 0 aliphatic heterocycles. The van der Waals surface area contributed by atoms with Crippen LogP contribution in [0.3, 0.4) is 0 Å². The highest BCUT2D eigenvalue weighted by Crippen LogP contribution is 2.25. The van der Waals surface area contributed by atoms with Gasteiger partial charge in [-0.25, -0.2) is 0 Å². The van der Waals surface area contributed by atoms with Gasteiger partial charge in [-0.05, 0) is 43.7 Å². The fourth-order valence-electron chi connectivity index (χ4n) is 1.93.